The number of aromatic nitrogens is 2. The van der Waals surface area contributed by atoms with E-state index >= 15 is 0 Å². The summed E-state index contributed by atoms with van der Waals surface area (Å²) in [4.78, 5) is 18.9. The Balaban J connectivity index is 1.71. The maximum Gasteiger partial charge on any atom is 0.256 e. The van der Waals surface area contributed by atoms with E-state index in [1.54, 1.807) is 30.3 Å². The van der Waals surface area contributed by atoms with Crippen molar-refractivity contribution in [2.45, 2.75) is 24.2 Å². The van der Waals surface area contributed by atoms with E-state index < -0.39 is 0 Å². The highest BCUT2D eigenvalue weighted by Gasteiger charge is 2.17. The third kappa shape index (κ3) is 4.65. The molecule has 1 aromatic carbocycles. The lowest BCUT2D eigenvalue weighted by Gasteiger charge is -2.18. The number of thioether (sulfide) groups is 1. The van der Waals surface area contributed by atoms with Crippen molar-refractivity contribution in [3.05, 3.63) is 76.3 Å². The molecule has 2 aromatic heterocycles. The number of hydrogen-bond acceptors (Lipinski definition) is 5. The molecule has 1 amide bonds. The molecule has 3 aromatic rings. The van der Waals surface area contributed by atoms with Gasteiger partial charge in [0.05, 0.1) is 11.3 Å². The molecule has 0 atom stereocenters. The Labute approximate surface area is 161 Å². The number of carbonyl (C=O) groups excluding carboxylic acids is 1. The molecule has 134 valence electrons. The molecular formula is C19H18ClN3O2S. The number of halogens is 1. The summed E-state index contributed by atoms with van der Waals surface area (Å²) in [5.74, 6) is 1.28. The molecule has 0 bridgehead atoms. The predicted octanol–water partition coefficient (Wildman–Crippen LogP) is 4.60. The summed E-state index contributed by atoms with van der Waals surface area (Å²) in [7, 11) is 1.78. The van der Waals surface area contributed by atoms with Crippen molar-refractivity contribution in [3.8, 4) is 0 Å². The summed E-state index contributed by atoms with van der Waals surface area (Å²) >= 11 is 7.38. The van der Waals surface area contributed by atoms with Crippen LogP contribution in [0.5, 0.6) is 0 Å². The normalized spacial score (nSPS) is 10.7. The average Bonchev–Trinajstić information content (AvgIpc) is 3.07. The molecule has 0 aliphatic heterocycles. The van der Waals surface area contributed by atoms with Gasteiger partial charge in [-0.2, -0.15) is 0 Å². The van der Waals surface area contributed by atoms with Gasteiger partial charge in [0.15, 0.2) is 0 Å². The molecule has 26 heavy (non-hydrogen) atoms. The van der Waals surface area contributed by atoms with E-state index in [4.69, 9.17) is 16.1 Å². The van der Waals surface area contributed by atoms with Gasteiger partial charge in [0.25, 0.3) is 5.91 Å². The zero-order valence-electron chi connectivity index (χ0n) is 14.5. The quantitative estimate of drug-likeness (QED) is 0.578. The van der Waals surface area contributed by atoms with Gasteiger partial charge in [0.1, 0.15) is 10.8 Å². The van der Waals surface area contributed by atoms with Gasteiger partial charge in [-0.1, -0.05) is 40.7 Å². The van der Waals surface area contributed by atoms with Crippen molar-refractivity contribution in [2.75, 3.05) is 7.05 Å². The molecule has 0 spiro atoms. The number of rotatable bonds is 6. The average molecular weight is 388 g/mol. The van der Waals surface area contributed by atoms with Crippen molar-refractivity contribution in [3.63, 3.8) is 0 Å². The molecular weight excluding hydrogens is 370 g/mol. The van der Waals surface area contributed by atoms with E-state index in [0.717, 1.165) is 17.0 Å². The van der Waals surface area contributed by atoms with Gasteiger partial charge in [-0.3, -0.25) is 4.79 Å². The standard InChI is InChI=1S/C19H18ClN3O2S/c1-13-10-16(22-25-13)12-26-18-17(4-3-9-21-18)19(24)23(2)11-14-5-7-15(20)8-6-14/h3-10H,11-12H2,1-2H3. The molecule has 3 rings (SSSR count). The van der Waals surface area contributed by atoms with E-state index in [9.17, 15) is 4.79 Å². The van der Waals surface area contributed by atoms with Crippen molar-refractivity contribution < 1.29 is 9.32 Å². The SMILES string of the molecule is Cc1cc(CSc2ncccc2C(=O)N(C)Cc2ccc(Cl)cc2)no1. The number of amides is 1. The first-order valence-corrected chi connectivity index (χ1v) is 9.39. The fourth-order valence-corrected chi connectivity index (χ4v) is 3.43. The van der Waals surface area contributed by atoms with Gasteiger partial charge in [0, 0.05) is 36.6 Å². The molecule has 0 unspecified atom stereocenters. The summed E-state index contributed by atoms with van der Waals surface area (Å²) in [6.45, 7) is 2.35. The summed E-state index contributed by atoms with van der Waals surface area (Å²) in [6, 6.07) is 12.9. The van der Waals surface area contributed by atoms with Crippen LogP contribution < -0.4 is 0 Å². The minimum atomic E-state index is -0.0770. The lowest BCUT2D eigenvalue weighted by molar-refractivity contribution is 0.0781. The molecule has 5 nitrogen and oxygen atoms in total. The van der Waals surface area contributed by atoms with E-state index in [-0.39, 0.29) is 5.91 Å². The zero-order valence-corrected chi connectivity index (χ0v) is 16.0. The van der Waals surface area contributed by atoms with Crippen molar-refractivity contribution in [1.82, 2.24) is 15.0 Å². The molecule has 0 aliphatic rings. The molecule has 0 saturated carbocycles. The van der Waals surface area contributed by atoms with Crippen LogP contribution in [0.3, 0.4) is 0 Å². The van der Waals surface area contributed by atoms with E-state index in [1.165, 1.54) is 11.8 Å². The Morgan fingerprint density at radius 3 is 2.73 bits per heavy atom. The van der Waals surface area contributed by atoms with Crippen molar-refractivity contribution in [1.29, 1.82) is 0 Å². The molecule has 0 fully saturated rings. The van der Waals surface area contributed by atoms with Gasteiger partial charge in [0.2, 0.25) is 0 Å². The maximum absolute atomic E-state index is 12.9. The van der Waals surface area contributed by atoms with Gasteiger partial charge in [-0.05, 0) is 36.8 Å². The van der Waals surface area contributed by atoms with E-state index in [2.05, 4.69) is 10.1 Å². The number of pyridine rings is 1. The monoisotopic (exact) mass is 387 g/mol. The first kappa shape index (κ1) is 18.5. The van der Waals surface area contributed by atoms with Crippen LogP contribution >= 0.6 is 23.4 Å². The lowest BCUT2D eigenvalue weighted by Crippen LogP contribution is -2.26. The van der Waals surface area contributed by atoms with Crippen LogP contribution in [0.1, 0.15) is 27.4 Å². The topological polar surface area (TPSA) is 59.2 Å². The number of benzene rings is 1. The van der Waals surface area contributed by atoms with E-state index in [1.807, 2.05) is 37.3 Å². The highest BCUT2D eigenvalue weighted by molar-refractivity contribution is 7.98. The minimum absolute atomic E-state index is 0.0770. The van der Waals surface area contributed by atoms with Crippen LogP contribution in [0, 0.1) is 6.92 Å². The van der Waals surface area contributed by atoms with Crippen LogP contribution in [-0.4, -0.2) is 28.0 Å². The number of carbonyl (C=O) groups is 1. The second kappa shape index (κ2) is 8.38. The van der Waals surface area contributed by atoms with Gasteiger partial charge in [-0.25, -0.2) is 4.98 Å². The minimum Gasteiger partial charge on any atom is -0.361 e. The van der Waals surface area contributed by atoms with Crippen LogP contribution in [0.25, 0.3) is 0 Å². The zero-order chi connectivity index (χ0) is 18.5. The smallest absolute Gasteiger partial charge is 0.256 e. The first-order valence-electron chi connectivity index (χ1n) is 8.03. The number of aryl methyl sites for hydroxylation is 1. The van der Waals surface area contributed by atoms with E-state index in [0.29, 0.717) is 27.9 Å². The summed E-state index contributed by atoms with van der Waals surface area (Å²) in [6.07, 6.45) is 1.69. The van der Waals surface area contributed by atoms with Crippen molar-refractivity contribution in [2.24, 2.45) is 0 Å². The fraction of sp³-hybridized carbons (Fsp3) is 0.211. The van der Waals surface area contributed by atoms with Crippen LogP contribution in [0.2, 0.25) is 5.02 Å². The summed E-state index contributed by atoms with van der Waals surface area (Å²) in [5, 5.41) is 5.33. The fourth-order valence-electron chi connectivity index (χ4n) is 2.44. The third-order valence-corrected chi connectivity index (χ3v) is 5.01. The van der Waals surface area contributed by atoms with Crippen LogP contribution in [0.15, 0.2) is 58.2 Å². The second-order valence-electron chi connectivity index (χ2n) is 5.86. The maximum atomic E-state index is 12.9. The van der Waals surface area contributed by atoms with Gasteiger partial charge < -0.3 is 9.42 Å². The number of nitrogens with zero attached hydrogens (tertiary/aromatic N) is 3. The molecule has 0 aliphatic carbocycles. The lowest BCUT2D eigenvalue weighted by atomic mass is 10.2. The Kier molecular flexibility index (Phi) is 5.96. The Bertz CT molecular complexity index is 896. The Hall–Kier alpha value is -2.31. The second-order valence-corrected chi connectivity index (χ2v) is 7.26. The summed E-state index contributed by atoms with van der Waals surface area (Å²) < 4.78 is 5.08. The molecule has 7 heteroatoms. The van der Waals surface area contributed by atoms with Crippen LogP contribution in [-0.2, 0) is 12.3 Å². The van der Waals surface area contributed by atoms with Gasteiger partial charge >= 0.3 is 0 Å². The summed E-state index contributed by atoms with van der Waals surface area (Å²) in [5.41, 5.74) is 2.42. The third-order valence-electron chi connectivity index (χ3n) is 3.71. The molecule has 2 heterocycles. The van der Waals surface area contributed by atoms with Crippen LogP contribution in [0.4, 0.5) is 0 Å². The highest BCUT2D eigenvalue weighted by Crippen LogP contribution is 2.25. The largest absolute Gasteiger partial charge is 0.361 e. The highest BCUT2D eigenvalue weighted by atomic mass is 35.5. The molecule has 0 saturated heterocycles. The Morgan fingerprint density at radius 1 is 1.27 bits per heavy atom. The van der Waals surface area contributed by atoms with Gasteiger partial charge in [-0.15, -0.1) is 0 Å². The first-order chi connectivity index (χ1) is 12.5. The van der Waals surface area contributed by atoms with Crippen molar-refractivity contribution >= 4 is 29.3 Å². The number of hydrogen-bond donors (Lipinski definition) is 0. The molecule has 0 N–H and O–H groups in total. The molecule has 0 radical (unpaired) electrons. The Morgan fingerprint density at radius 2 is 2.04 bits per heavy atom. The predicted molar refractivity (Wildman–Crippen MR) is 102 cm³/mol.